The molecule has 1 heterocycles. The van der Waals surface area contributed by atoms with Crippen molar-refractivity contribution in [2.45, 2.75) is 0 Å². The zero-order chi connectivity index (χ0) is 6.69. The third kappa shape index (κ3) is 1.23. The monoisotopic (exact) mass is 125 g/mol. The number of amides is 1. The Hall–Kier alpha value is -0.960. The van der Waals surface area contributed by atoms with Gasteiger partial charge < -0.3 is 5.11 Å². The van der Waals surface area contributed by atoms with Gasteiger partial charge in [0.2, 0.25) is 0 Å². The van der Waals surface area contributed by atoms with Gasteiger partial charge in [-0.25, -0.2) is 4.99 Å². The first-order valence-corrected chi connectivity index (χ1v) is 2.70. The highest BCUT2D eigenvalue weighted by molar-refractivity contribution is 5.94. The van der Waals surface area contributed by atoms with Gasteiger partial charge in [0, 0.05) is 6.21 Å². The van der Waals surface area contributed by atoms with Crippen LogP contribution >= 0.6 is 0 Å². The summed E-state index contributed by atoms with van der Waals surface area (Å²) < 4.78 is 0. The second-order valence-electron chi connectivity index (χ2n) is 1.79. The van der Waals surface area contributed by atoms with Crippen molar-refractivity contribution < 1.29 is 9.90 Å². The Morgan fingerprint density at radius 2 is 2.56 bits per heavy atom. The van der Waals surface area contributed by atoms with Gasteiger partial charge in [-0.2, -0.15) is 0 Å². The largest absolute Gasteiger partial charge is 0.395 e. The summed E-state index contributed by atoms with van der Waals surface area (Å²) in [4.78, 5) is 14.1. The Morgan fingerprint density at radius 3 is 3.00 bits per heavy atom. The van der Waals surface area contributed by atoms with Crippen LogP contribution in [-0.4, -0.2) is 23.8 Å². The topological polar surface area (TPSA) is 49.7 Å². The van der Waals surface area contributed by atoms with Crippen molar-refractivity contribution in [3.05, 3.63) is 12.2 Å². The number of aliphatic hydroxyl groups is 1. The van der Waals surface area contributed by atoms with E-state index in [1.165, 1.54) is 6.21 Å². The van der Waals surface area contributed by atoms with E-state index in [0.717, 1.165) is 0 Å². The number of aliphatic imine (C=N–C) groups is 1. The van der Waals surface area contributed by atoms with Crippen molar-refractivity contribution in [3.8, 4) is 0 Å². The summed E-state index contributed by atoms with van der Waals surface area (Å²) >= 11 is 0. The highest BCUT2D eigenvalue weighted by atomic mass is 16.3. The minimum absolute atomic E-state index is 0.146. The molecule has 0 saturated heterocycles. The fraction of sp³-hybridized carbons (Fsp3) is 0.333. The molecule has 0 fully saturated rings. The van der Waals surface area contributed by atoms with Gasteiger partial charge in [-0.15, -0.1) is 0 Å². The highest BCUT2D eigenvalue weighted by Crippen LogP contribution is 2.03. The van der Waals surface area contributed by atoms with Gasteiger partial charge in [0.05, 0.1) is 12.5 Å². The maximum atomic E-state index is 10.6. The van der Waals surface area contributed by atoms with Crippen molar-refractivity contribution in [3.63, 3.8) is 0 Å². The van der Waals surface area contributed by atoms with Crippen LogP contribution in [0.1, 0.15) is 0 Å². The minimum atomic E-state index is -0.407. The second-order valence-corrected chi connectivity index (χ2v) is 1.79. The standard InChI is InChI=1S/C6H7NO2/c8-4-5-2-1-3-7-6(5)9/h1-3,5,8H,4H2/t5-/m1/s1. The predicted octanol–water partition coefficient (Wildman–Crippen LogP) is -0.238. The number of rotatable bonds is 1. The average Bonchev–Trinajstić information content (AvgIpc) is 1.89. The lowest BCUT2D eigenvalue weighted by Crippen LogP contribution is -2.16. The van der Waals surface area contributed by atoms with Gasteiger partial charge in [-0.05, 0) is 6.08 Å². The van der Waals surface area contributed by atoms with E-state index < -0.39 is 5.92 Å². The average molecular weight is 125 g/mol. The van der Waals surface area contributed by atoms with E-state index >= 15 is 0 Å². The summed E-state index contributed by atoms with van der Waals surface area (Å²) in [6.45, 7) is -0.146. The van der Waals surface area contributed by atoms with Gasteiger partial charge in [-0.3, -0.25) is 4.79 Å². The van der Waals surface area contributed by atoms with Crippen LogP contribution in [0.25, 0.3) is 0 Å². The van der Waals surface area contributed by atoms with Crippen LogP contribution in [0.2, 0.25) is 0 Å². The molecule has 0 aliphatic carbocycles. The first-order valence-electron chi connectivity index (χ1n) is 2.70. The number of carbonyl (C=O) groups excluding carboxylic acids is 1. The van der Waals surface area contributed by atoms with E-state index in [2.05, 4.69) is 4.99 Å². The number of hydrogen-bond acceptors (Lipinski definition) is 2. The quantitative estimate of drug-likeness (QED) is 0.526. The molecule has 1 amide bonds. The van der Waals surface area contributed by atoms with Crippen LogP contribution in [0.5, 0.6) is 0 Å². The molecule has 1 aliphatic heterocycles. The van der Waals surface area contributed by atoms with Crippen LogP contribution in [0, 0.1) is 5.92 Å². The zero-order valence-electron chi connectivity index (χ0n) is 4.82. The van der Waals surface area contributed by atoms with Crippen LogP contribution < -0.4 is 0 Å². The number of aliphatic hydroxyl groups excluding tert-OH is 1. The SMILES string of the molecule is O=C1N=CC=C[C@@H]1CO. The summed E-state index contributed by atoms with van der Waals surface area (Å²) in [6, 6.07) is 0. The molecule has 48 valence electrons. The predicted molar refractivity (Wildman–Crippen MR) is 33.2 cm³/mol. The third-order valence-corrected chi connectivity index (χ3v) is 1.15. The Bertz CT molecular complexity index is 172. The Labute approximate surface area is 52.7 Å². The first-order chi connectivity index (χ1) is 4.34. The molecule has 0 aromatic rings. The summed E-state index contributed by atoms with van der Waals surface area (Å²) in [5.41, 5.74) is 0. The van der Waals surface area contributed by atoms with E-state index in [0.29, 0.717) is 0 Å². The molecule has 3 heteroatoms. The Kier molecular flexibility index (Phi) is 1.75. The maximum Gasteiger partial charge on any atom is 0.254 e. The first kappa shape index (κ1) is 6.16. The highest BCUT2D eigenvalue weighted by Gasteiger charge is 2.13. The lowest BCUT2D eigenvalue weighted by molar-refractivity contribution is -0.121. The molecule has 0 radical (unpaired) electrons. The van der Waals surface area contributed by atoms with E-state index in [1.807, 2.05) is 0 Å². The number of carbonyl (C=O) groups is 1. The molecule has 3 nitrogen and oxygen atoms in total. The molecule has 1 aliphatic rings. The summed E-state index contributed by atoms with van der Waals surface area (Å²) in [5.74, 6) is -0.671. The van der Waals surface area contributed by atoms with Gasteiger partial charge in [0.15, 0.2) is 0 Å². The maximum absolute atomic E-state index is 10.6. The Balaban J connectivity index is 2.66. The zero-order valence-corrected chi connectivity index (χ0v) is 4.82. The molecule has 0 spiro atoms. The Morgan fingerprint density at radius 1 is 1.78 bits per heavy atom. The number of dihydropyridines is 1. The summed E-state index contributed by atoms with van der Waals surface area (Å²) in [5, 5.41) is 8.52. The van der Waals surface area contributed by atoms with E-state index in [-0.39, 0.29) is 12.5 Å². The molecule has 1 atom stereocenters. The smallest absolute Gasteiger partial charge is 0.254 e. The summed E-state index contributed by atoms with van der Waals surface area (Å²) in [7, 11) is 0. The van der Waals surface area contributed by atoms with Crippen molar-refractivity contribution in [1.29, 1.82) is 0 Å². The van der Waals surface area contributed by atoms with Crippen molar-refractivity contribution >= 4 is 12.1 Å². The minimum Gasteiger partial charge on any atom is -0.395 e. The molecule has 1 N–H and O–H groups in total. The van der Waals surface area contributed by atoms with Crippen molar-refractivity contribution in [1.82, 2.24) is 0 Å². The molecule has 0 unspecified atom stereocenters. The fourth-order valence-electron chi connectivity index (χ4n) is 0.617. The normalized spacial score (nSPS) is 25.0. The van der Waals surface area contributed by atoms with Gasteiger partial charge in [0.1, 0.15) is 0 Å². The fourth-order valence-corrected chi connectivity index (χ4v) is 0.617. The molecule has 9 heavy (non-hydrogen) atoms. The molecular formula is C6H7NO2. The lowest BCUT2D eigenvalue weighted by Gasteiger charge is -2.04. The van der Waals surface area contributed by atoms with E-state index in [9.17, 15) is 4.79 Å². The van der Waals surface area contributed by atoms with E-state index in [1.54, 1.807) is 12.2 Å². The molecule has 0 saturated carbocycles. The van der Waals surface area contributed by atoms with Gasteiger partial charge in [-0.1, -0.05) is 6.08 Å². The number of allylic oxidation sites excluding steroid dienone is 1. The third-order valence-electron chi connectivity index (χ3n) is 1.15. The van der Waals surface area contributed by atoms with Crippen LogP contribution in [0.15, 0.2) is 17.1 Å². The van der Waals surface area contributed by atoms with Crippen LogP contribution in [-0.2, 0) is 4.79 Å². The summed E-state index contributed by atoms with van der Waals surface area (Å²) in [6.07, 6.45) is 4.71. The van der Waals surface area contributed by atoms with Crippen molar-refractivity contribution in [2.24, 2.45) is 10.9 Å². The molecule has 0 aromatic carbocycles. The molecule has 1 rings (SSSR count). The van der Waals surface area contributed by atoms with Crippen LogP contribution in [0.3, 0.4) is 0 Å². The van der Waals surface area contributed by atoms with Gasteiger partial charge >= 0.3 is 0 Å². The molecule has 0 bridgehead atoms. The molecular weight excluding hydrogens is 118 g/mol. The number of nitrogens with zero attached hydrogens (tertiary/aromatic N) is 1. The van der Waals surface area contributed by atoms with Gasteiger partial charge in [0.25, 0.3) is 5.91 Å². The van der Waals surface area contributed by atoms with E-state index in [4.69, 9.17) is 5.11 Å². The second kappa shape index (κ2) is 2.55. The number of hydrogen-bond donors (Lipinski definition) is 1. The lowest BCUT2D eigenvalue weighted by atomic mass is 10.1. The van der Waals surface area contributed by atoms with Crippen LogP contribution in [0.4, 0.5) is 0 Å². The van der Waals surface area contributed by atoms with Crippen molar-refractivity contribution in [2.75, 3.05) is 6.61 Å². The molecule has 0 aromatic heterocycles.